The quantitative estimate of drug-likeness (QED) is 0.785. The molecule has 5 nitrogen and oxygen atoms in total. The largest absolute Gasteiger partial charge is 0.373 e. The Balaban J connectivity index is 1.36. The van der Waals surface area contributed by atoms with Crippen molar-refractivity contribution in [2.45, 2.75) is 57.7 Å². The van der Waals surface area contributed by atoms with Gasteiger partial charge < -0.3 is 14.5 Å². The summed E-state index contributed by atoms with van der Waals surface area (Å²) >= 11 is 0. The molecule has 0 bridgehead atoms. The molecular weight excluding hydrogens is 328 g/mol. The Hall–Kier alpha value is -1.88. The third kappa shape index (κ3) is 5.56. The van der Waals surface area contributed by atoms with Gasteiger partial charge in [-0.2, -0.15) is 0 Å². The lowest BCUT2D eigenvalue weighted by Crippen LogP contribution is -2.42. The number of amides is 2. The van der Waals surface area contributed by atoms with E-state index in [0.717, 1.165) is 51.7 Å². The van der Waals surface area contributed by atoms with Crippen molar-refractivity contribution in [3.63, 3.8) is 0 Å². The zero-order valence-electron chi connectivity index (χ0n) is 15.6. The van der Waals surface area contributed by atoms with Crippen molar-refractivity contribution in [2.24, 2.45) is 0 Å². The summed E-state index contributed by atoms with van der Waals surface area (Å²) in [5, 5.41) is 0. The standard InChI is InChI=1S/C21H30N2O3/c24-20-9-5-2-6-13-22(20)16-12-21(25)23-14-10-19(11-15-23)26-17-18-7-3-1-4-8-18/h1,3-4,7-8,19H,2,5-6,9-17H2. The van der Waals surface area contributed by atoms with Crippen molar-refractivity contribution in [1.29, 1.82) is 0 Å². The summed E-state index contributed by atoms with van der Waals surface area (Å²) in [6.07, 6.45) is 6.25. The van der Waals surface area contributed by atoms with Crippen LogP contribution in [0.25, 0.3) is 0 Å². The summed E-state index contributed by atoms with van der Waals surface area (Å²) < 4.78 is 5.99. The molecule has 2 saturated heterocycles. The van der Waals surface area contributed by atoms with Crippen LogP contribution < -0.4 is 0 Å². The minimum Gasteiger partial charge on any atom is -0.373 e. The number of rotatable bonds is 6. The fraction of sp³-hybridized carbons (Fsp3) is 0.619. The van der Waals surface area contributed by atoms with Crippen molar-refractivity contribution < 1.29 is 14.3 Å². The number of piperidine rings is 1. The molecule has 2 aliphatic rings. The van der Waals surface area contributed by atoms with Gasteiger partial charge in [-0.15, -0.1) is 0 Å². The third-order valence-corrected chi connectivity index (χ3v) is 5.39. The maximum Gasteiger partial charge on any atom is 0.224 e. The molecule has 2 aliphatic heterocycles. The number of hydrogen-bond donors (Lipinski definition) is 0. The van der Waals surface area contributed by atoms with Gasteiger partial charge in [-0.1, -0.05) is 36.8 Å². The molecule has 0 atom stereocenters. The number of likely N-dealkylation sites (tertiary alicyclic amines) is 2. The first-order valence-electron chi connectivity index (χ1n) is 9.93. The maximum absolute atomic E-state index is 12.5. The molecule has 0 radical (unpaired) electrons. The van der Waals surface area contributed by atoms with Gasteiger partial charge in [0.2, 0.25) is 11.8 Å². The average Bonchev–Trinajstić information content (AvgIpc) is 2.90. The molecule has 1 aromatic rings. The number of carbonyl (C=O) groups excluding carboxylic acids is 2. The maximum atomic E-state index is 12.5. The van der Waals surface area contributed by atoms with Gasteiger partial charge in [0.15, 0.2) is 0 Å². The third-order valence-electron chi connectivity index (χ3n) is 5.39. The molecule has 2 fully saturated rings. The van der Waals surface area contributed by atoms with Gasteiger partial charge in [-0.05, 0) is 31.2 Å². The van der Waals surface area contributed by atoms with Crippen LogP contribution in [0.3, 0.4) is 0 Å². The van der Waals surface area contributed by atoms with Crippen LogP contribution in [0.1, 0.15) is 50.5 Å². The molecule has 0 spiro atoms. The van der Waals surface area contributed by atoms with Crippen molar-refractivity contribution in [3.8, 4) is 0 Å². The summed E-state index contributed by atoms with van der Waals surface area (Å²) in [6.45, 7) is 3.53. The predicted octanol–water partition coefficient (Wildman–Crippen LogP) is 2.99. The van der Waals surface area contributed by atoms with Crippen molar-refractivity contribution in [1.82, 2.24) is 9.80 Å². The topological polar surface area (TPSA) is 49.9 Å². The lowest BCUT2D eigenvalue weighted by Gasteiger charge is -2.32. The molecular formula is C21H30N2O3. The molecule has 1 aromatic carbocycles. The highest BCUT2D eigenvalue weighted by molar-refractivity contribution is 5.79. The lowest BCUT2D eigenvalue weighted by atomic mass is 10.1. The van der Waals surface area contributed by atoms with E-state index >= 15 is 0 Å². The summed E-state index contributed by atoms with van der Waals surface area (Å²) in [7, 11) is 0. The lowest BCUT2D eigenvalue weighted by molar-refractivity contribution is -0.136. The fourth-order valence-corrected chi connectivity index (χ4v) is 3.72. The second kappa shape index (κ2) is 9.72. The van der Waals surface area contributed by atoms with E-state index in [1.165, 1.54) is 5.56 Å². The summed E-state index contributed by atoms with van der Waals surface area (Å²) in [5.74, 6) is 0.381. The van der Waals surface area contributed by atoms with Gasteiger partial charge in [0.05, 0.1) is 12.7 Å². The van der Waals surface area contributed by atoms with E-state index in [2.05, 4.69) is 12.1 Å². The molecule has 0 aliphatic carbocycles. The number of nitrogens with zero attached hydrogens (tertiary/aromatic N) is 2. The summed E-state index contributed by atoms with van der Waals surface area (Å²) in [6, 6.07) is 10.2. The van der Waals surface area contributed by atoms with E-state index in [1.807, 2.05) is 28.0 Å². The number of ether oxygens (including phenoxy) is 1. The van der Waals surface area contributed by atoms with Crippen LogP contribution >= 0.6 is 0 Å². The Morgan fingerprint density at radius 1 is 1.04 bits per heavy atom. The van der Waals surface area contributed by atoms with Gasteiger partial charge >= 0.3 is 0 Å². The monoisotopic (exact) mass is 358 g/mol. The van der Waals surface area contributed by atoms with E-state index in [1.54, 1.807) is 0 Å². The number of carbonyl (C=O) groups is 2. The summed E-state index contributed by atoms with van der Waals surface area (Å²) in [4.78, 5) is 28.3. The molecule has 0 N–H and O–H groups in total. The van der Waals surface area contributed by atoms with Crippen LogP contribution in [0, 0.1) is 0 Å². The normalized spacial score (nSPS) is 19.5. The van der Waals surface area contributed by atoms with Crippen molar-refractivity contribution in [3.05, 3.63) is 35.9 Å². The van der Waals surface area contributed by atoms with Crippen LogP contribution in [0.15, 0.2) is 30.3 Å². The van der Waals surface area contributed by atoms with E-state index < -0.39 is 0 Å². The Morgan fingerprint density at radius 3 is 2.58 bits per heavy atom. The Kier molecular flexibility index (Phi) is 7.06. The first-order chi connectivity index (χ1) is 12.7. The van der Waals surface area contributed by atoms with E-state index in [9.17, 15) is 9.59 Å². The van der Waals surface area contributed by atoms with E-state index in [0.29, 0.717) is 26.0 Å². The molecule has 2 heterocycles. The SMILES string of the molecule is O=C1CCCCCN1CCC(=O)N1CCC(OCc2ccccc2)CC1. The molecule has 5 heteroatoms. The zero-order valence-corrected chi connectivity index (χ0v) is 15.6. The average molecular weight is 358 g/mol. The van der Waals surface area contributed by atoms with Crippen LogP contribution in [0.2, 0.25) is 0 Å². The van der Waals surface area contributed by atoms with Crippen molar-refractivity contribution in [2.75, 3.05) is 26.2 Å². The minimum atomic E-state index is 0.170. The van der Waals surface area contributed by atoms with Crippen LogP contribution in [0.4, 0.5) is 0 Å². The smallest absolute Gasteiger partial charge is 0.224 e. The predicted molar refractivity (Wildman–Crippen MR) is 100 cm³/mol. The molecule has 0 saturated carbocycles. The molecule has 2 amide bonds. The molecule has 26 heavy (non-hydrogen) atoms. The van der Waals surface area contributed by atoms with E-state index in [-0.39, 0.29) is 17.9 Å². The number of benzene rings is 1. The Morgan fingerprint density at radius 2 is 1.81 bits per heavy atom. The second-order valence-electron chi connectivity index (χ2n) is 7.32. The van der Waals surface area contributed by atoms with Crippen molar-refractivity contribution >= 4 is 11.8 Å². The van der Waals surface area contributed by atoms with Gasteiger partial charge in [-0.25, -0.2) is 0 Å². The van der Waals surface area contributed by atoms with Crippen LogP contribution in [-0.4, -0.2) is 53.9 Å². The minimum absolute atomic E-state index is 0.170. The first-order valence-corrected chi connectivity index (χ1v) is 9.93. The Bertz CT molecular complexity index is 582. The highest BCUT2D eigenvalue weighted by Gasteiger charge is 2.24. The molecule has 0 aromatic heterocycles. The molecule has 3 rings (SSSR count). The highest BCUT2D eigenvalue weighted by Crippen LogP contribution is 2.17. The second-order valence-corrected chi connectivity index (χ2v) is 7.32. The fourth-order valence-electron chi connectivity index (χ4n) is 3.72. The zero-order chi connectivity index (χ0) is 18.2. The van der Waals surface area contributed by atoms with E-state index in [4.69, 9.17) is 4.74 Å². The van der Waals surface area contributed by atoms with Crippen LogP contribution in [0.5, 0.6) is 0 Å². The van der Waals surface area contributed by atoms with Gasteiger partial charge in [0.25, 0.3) is 0 Å². The first kappa shape index (κ1) is 18.9. The molecule has 0 unspecified atom stereocenters. The number of hydrogen-bond acceptors (Lipinski definition) is 3. The summed E-state index contributed by atoms with van der Waals surface area (Å²) in [5.41, 5.74) is 1.19. The van der Waals surface area contributed by atoms with Crippen LogP contribution in [-0.2, 0) is 20.9 Å². The van der Waals surface area contributed by atoms with Gasteiger partial charge in [0, 0.05) is 39.0 Å². The van der Waals surface area contributed by atoms with Gasteiger partial charge in [0.1, 0.15) is 0 Å². The van der Waals surface area contributed by atoms with Gasteiger partial charge in [-0.3, -0.25) is 9.59 Å². The Labute approximate surface area is 156 Å². The molecule has 142 valence electrons. The highest BCUT2D eigenvalue weighted by atomic mass is 16.5.